The van der Waals surface area contributed by atoms with E-state index in [2.05, 4.69) is 6.92 Å². The fourth-order valence-electron chi connectivity index (χ4n) is 2.57. The third-order valence-corrected chi connectivity index (χ3v) is 3.69. The molecule has 108 valence electrons. The number of nitrogens with two attached hydrogens (primary N) is 1. The van der Waals surface area contributed by atoms with Crippen molar-refractivity contribution in [3.05, 3.63) is 40.2 Å². The highest BCUT2D eigenvalue weighted by Crippen LogP contribution is 2.23. The molecule has 3 nitrogen and oxygen atoms in total. The van der Waals surface area contributed by atoms with Gasteiger partial charge in [-0.2, -0.15) is 0 Å². The van der Waals surface area contributed by atoms with Crippen molar-refractivity contribution in [2.75, 3.05) is 5.73 Å². The third kappa shape index (κ3) is 3.62. The van der Waals surface area contributed by atoms with Gasteiger partial charge in [-0.15, -0.1) is 0 Å². The van der Waals surface area contributed by atoms with Crippen LogP contribution in [0.25, 0.3) is 11.0 Å². The van der Waals surface area contributed by atoms with Crippen LogP contribution in [0.15, 0.2) is 33.5 Å². The second-order valence-corrected chi connectivity index (χ2v) is 5.33. The van der Waals surface area contributed by atoms with Crippen LogP contribution in [-0.4, -0.2) is 0 Å². The first-order chi connectivity index (χ1) is 9.72. The summed E-state index contributed by atoms with van der Waals surface area (Å²) in [5, 5.41) is 0.971. The Kier molecular flexibility index (Phi) is 5.22. The number of benzene rings is 1. The van der Waals surface area contributed by atoms with Crippen LogP contribution in [0.1, 0.15) is 51.0 Å². The molecular weight excluding hydrogens is 250 g/mol. The molecule has 1 aromatic heterocycles. The number of rotatable bonds is 7. The van der Waals surface area contributed by atoms with Gasteiger partial charge in [-0.05, 0) is 24.5 Å². The minimum absolute atomic E-state index is 0.309. The highest BCUT2D eigenvalue weighted by atomic mass is 16.4. The molecule has 0 aliphatic heterocycles. The molecule has 0 bridgehead atoms. The first kappa shape index (κ1) is 14.6. The number of aryl methyl sites for hydroxylation is 1. The molecule has 0 amide bonds. The van der Waals surface area contributed by atoms with E-state index >= 15 is 0 Å². The molecule has 0 spiro atoms. The van der Waals surface area contributed by atoms with Crippen molar-refractivity contribution in [2.24, 2.45) is 0 Å². The number of anilines is 1. The minimum atomic E-state index is -0.309. The molecule has 0 atom stereocenters. The molecule has 0 unspecified atom stereocenters. The van der Waals surface area contributed by atoms with E-state index in [0.717, 1.165) is 23.8 Å². The Bertz CT molecular complexity index is 616. The summed E-state index contributed by atoms with van der Waals surface area (Å²) in [6, 6.07) is 7.25. The summed E-state index contributed by atoms with van der Waals surface area (Å²) < 4.78 is 5.21. The van der Waals surface area contributed by atoms with Crippen molar-refractivity contribution in [1.29, 1.82) is 0 Å². The van der Waals surface area contributed by atoms with Crippen LogP contribution in [-0.2, 0) is 6.42 Å². The maximum Gasteiger partial charge on any atom is 0.336 e. The molecule has 2 rings (SSSR count). The fraction of sp³-hybridized carbons (Fsp3) is 0.471. The van der Waals surface area contributed by atoms with E-state index in [0.29, 0.717) is 11.3 Å². The summed E-state index contributed by atoms with van der Waals surface area (Å²) in [4.78, 5) is 11.6. The van der Waals surface area contributed by atoms with Crippen LogP contribution in [0, 0.1) is 0 Å². The number of hydrogen-bond donors (Lipinski definition) is 1. The van der Waals surface area contributed by atoms with Gasteiger partial charge < -0.3 is 10.2 Å². The highest BCUT2D eigenvalue weighted by molar-refractivity contribution is 5.89. The molecule has 2 aromatic rings. The monoisotopic (exact) mass is 273 g/mol. The van der Waals surface area contributed by atoms with E-state index in [1.807, 2.05) is 12.1 Å². The lowest BCUT2D eigenvalue weighted by Gasteiger charge is -2.06. The molecule has 20 heavy (non-hydrogen) atoms. The molecular formula is C17H23NO2. The average Bonchev–Trinajstić information content (AvgIpc) is 2.43. The summed E-state index contributed by atoms with van der Waals surface area (Å²) in [6.07, 6.45) is 8.40. The Labute approximate surface area is 119 Å². The Balaban J connectivity index is 2.06. The number of fused-ring (bicyclic) bond motifs is 1. The Morgan fingerprint density at radius 2 is 1.85 bits per heavy atom. The average molecular weight is 273 g/mol. The molecule has 0 aliphatic rings. The van der Waals surface area contributed by atoms with Gasteiger partial charge in [-0.1, -0.05) is 51.2 Å². The van der Waals surface area contributed by atoms with Crippen LogP contribution < -0.4 is 11.4 Å². The van der Waals surface area contributed by atoms with Crippen LogP contribution in [0.5, 0.6) is 0 Å². The van der Waals surface area contributed by atoms with E-state index in [1.54, 1.807) is 12.1 Å². The second-order valence-electron chi connectivity index (χ2n) is 5.33. The summed E-state index contributed by atoms with van der Waals surface area (Å²) in [7, 11) is 0. The lowest BCUT2D eigenvalue weighted by atomic mass is 10.0. The van der Waals surface area contributed by atoms with Crippen LogP contribution in [0.2, 0.25) is 0 Å². The Morgan fingerprint density at radius 3 is 2.65 bits per heavy atom. The topological polar surface area (TPSA) is 56.2 Å². The fourth-order valence-corrected chi connectivity index (χ4v) is 2.57. The van der Waals surface area contributed by atoms with E-state index in [1.165, 1.54) is 32.1 Å². The maximum atomic E-state index is 11.6. The standard InChI is InChI=1S/C17H23NO2/c1-2-3-4-5-6-7-9-13-12-16(19)20-17-14(13)10-8-11-15(17)18/h8,10-12H,2-7,9,18H2,1H3. The van der Waals surface area contributed by atoms with E-state index in [4.69, 9.17) is 10.2 Å². The van der Waals surface area contributed by atoms with Crippen molar-refractivity contribution in [3.8, 4) is 0 Å². The molecule has 1 heterocycles. The Hall–Kier alpha value is -1.77. The van der Waals surface area contributed by atoms with E-state index < -0.39 is 0 Å². The molecule has 1 aromatic carbocycles. The van der Waals surface area contributed by atoms with Gasteiger partial charge in [0.2, 0.25) is 0 Å². The molecule has 2 N–H and O–H groups in total. The van der Waals surface area contributed by atoms with Crippen LogP contribution in [0.3, 0.4) is 0 Å². The molecule has 0 fully saturated rings. The van der Waals surface area contributed by atoms with Gasteiger partial charge in [0.15, 0.2) is 5.58 Å². The summed E-state index contributed by atoms with van der Waals surface area (Å²) in [5.74, 6) is 0. The first-order valence-electron chi connectivity index (χ1n) is 7.53. The zero-order valence-corrected chi connectivity index (χ0v) is 12.2. The Morgan fingerprint density at radius 1 is 1.10 bits per heavy atom. The van der Waals surface area contributed by atoms with Crippen molar-refractivity contribution < 1.29 is 4.42 Å². The van der Waals surface area contributed by atoms with Crippen molar-refractivity contribution in [1.82, 2.24) is 0 Å². The zero-order valence-electron chi connectivity index (χ0n) is 12.2. The number of unbranched alkanes of at least 4 members (excludes halogenated alkanes) is 5. The predicted molar refractivity (Wildman–Crippen MR) is 84.0 cm³/mol. The maximum absolute atomic E-state index is 11.6. The van der Waals surface area contributed by atoms with Crippen LogP contribution >= 0.6 is 0 Å². The quantitative estimate of drug-likeness (QED) is 0.465. The number of para-hydroxylation sites is 1. The van der Waals surface area contributed by atoms with Gasteiger partial charge in [0.25, 0.3) is 0 Å². The molecule has 0 saturated carbocycles. The largest absolute Gasteiger partial charge is 0.420 e. The number of nitrogen functional groups attached to an aromatic ring is 1. The molecule has 3 heteroatoms. The van der Waals surface area contributed by atoms with Gasteiger partial charge in [0, 0.05) is 11.5 Å². The van der Waals surface area contributed by atoms with Crippen LogP contribution in [0.4, 0.5) is 5.69 Å². The van der Waals surface area contributed by atoms with Crippen molar-refractivity contribution in [2.45, 2.75) is 51.9 Å². The molecule has 0 radical (unpaired) electrons. The smallest absolute Gasteiger partial charge is 0.336 e. The highest BCUT2D eigenvalue weighted by Gasteiger charge is 2.07. The number of hydrogen-bond acceptors (Lipinski definition) is 3. The van der Waals surface area contributed by atoms with Gasteiger partial charge in [-0.3, -0.25) is 0 Å². The van der Waals surface area contributed by atoms with Gasteiger partial charge in [-0.25, -0.2) is 4.79 Å². The lowest BCUT2D eigenvalue weighted by Crippen LogP contribution is -2.02. The summed E-state index contributed by atoms with van der Waals surface area (Å²) in [5.41, 5.74) is 7.68. The van der Waals surface area contributed by atoms with Crippen molar-refractivity contribution in [3.63, 3.8) is 0 Å². The van der Waals surface area contributed by atoms with Gasteiger partial charge in [0.1, 0.15) is 0 Å². The summed E-state index contributed by atoms with van der Waals surface area (Å²) >= 11 is 0. The predicted octanol–water partition coefficient (Wildman–Crippen LogP) is 4.28. The van der Waals surface area contributed by atoms with Gasteiger partial charge >= 0.3 is 5.63 Å². The van der Waals surface area contributed by atoms with E-state index in [-0.39, 0.29) is 5.63 Å². The minimum Gasteiger partial charge on any atom is -0.420 e. The first-order valence-corrected chi connectivity index (χ1v) is 7.53. The second kappa shape index (κ2) is 7.13. The SMILES string of the molecule is CCCCCCCCc1cc(=O)oc2c(N)cccc12. The summed E-state index contributed by atoms with van der Waals surface area (Å²) in [6.45, 7) is 2.22. The lowest BCUT2D eigenvalue weighted by molar-refractivity contribution is 0.558. The normalized spacial score (nSPS) is 11.1. The van der Waals surface area contributed by atoms with E-state index in [9.17, 15) is 4.79 Å². The van der Waals surface area contributed by atoms with Gasteiger partial charge in [0.05, 0.1) is 5.69 Å². The third-order valence-electron chi connectivity index (χ3n) is 3.69. The zero-order chi connectivity index (χ0) is 14.4. The molecule has 0 saturated heterocycles. The molecule has 0 aliphatic carbocycles. The van der Waals surface area contributed by atoms with Crippen molar-refractivity contribution >= 4 is 16.7 Å².